The van der Waals surface area contributed by atoms with Gasteiger partial charge in [0.05, 0.1) is 7.05 Å². The molecule has 1 aromatic heterocycles. The second kappa shape index (κ2) is 7.33. The Balaban J connectivity index is 1.80. The van der Waals surface area contributed by atoms with Crippen molar-refractivity contribution in [1.82, 2.24) is 14.3 Å². The van der Waals surface area contributed by atoms with Crippen molar-refractivity contribution < 1.29 is 4.90 Å². The molecule has 5 heteroatoms. The molecule has 0 aliphatic rings. The molecular weight excluding hydrogens is 328 g/mol. The van der Waals surface area contributed by atoms with Crippen molar-refractivity contribution in [1.29, 1.82) is 0 Å². The SMILES string of the molecule is Cc1ccc(C[NH+](C)Cn2nc(-c3ccccc3)n(C)c2=S)c(C)c1. The van der Waals surface area contributed by atoms with E-state index in [4.69, 9.17) is 17.3 Å². The average Bonchev–Trinajstić information content (AvgIpc) is 2.87. The van der Waals surface area contributed by atoms with Crippen LogP contribution in [0.4, 0.5) is 0 Å². The Morgan fingerprint density at radius 3 is 2.48 bits per heavy atom. The van der Waals surface area contributed by atoms with Crippen LogP contribution in [0.5, 0.6) is 0 Å². The van der Waals surface area contributed by atoms with E-state index in [1.807, 2.05) is 34.5 Å². The summed E-state index contributed by atoms with van der Waals surface area (Å²) in [6.45, 7) is 6.00. The lowest BCUT2D eigenvalue weighted by Crippen LogP contribution is -3.07. The van der Waals surface area contributed by atoms with Crippen LogP contribution in [-0.2, 0) is 20.3 Å². The Hall–Kier alpha value is -2.24. The number of nitrogens with zero attached hydrogens (tertiary/aromatic N) is 3. The van der Waals surface area contributed by atoms with Gasteiger partial charge in [0.15, 0.2) is 12.5 Å². The summed E-state index contributed by atoms with van der Waals surface area (Å²) in [5.74, 6) is 0.907. The number of nitrogens with one attached hydrogen (secondary N) is 1. The highest BCUT2D eigenvalue weighted by Gasteiger charge is 2.13. The minimum absolute atomic E-state index is 0.743. The third kappa shape index (κ3) is 3.89. The number of rotatable bonds is 5. The van der Waals surface area contributed by atoms with Gasteiger partial charge in [-0.1, -0.05) is 54.1 Å². The van der Waals surface area contributed by atoms with Gasteiger partial charge in [-0.15, -0.1) is 5.10 Å². The van der Waals surface area contributed by atoms with E-state index in [1.165, 1.54) is 21.6 Å². The standard InChI is InChI=1S/C20H24N4S/c1-15-10-11-18(16(2)12-15)13-22(3)14-24-20(25)23(4)19(21-24)17-8-6-5-7-9-17/h5-12H,13-14H2,1-4H3/p+1. The number of aromatic nitrogens is 3. The van der Waals surface area contributed by atoms with Crippen LogP contribution in [-0.4, -0.2) is 21.4 Å². The topological polar surface area (TPSA) is 27.2 Å². The third-order valence-electron chi connectivity index (χ3n) is 4.48. The zero-order valence-corrected chi connectivity index (χ0v) is 16.1. The van der Waals surface area contributed by atoms with Gasteiger partial charge in [-0.2, -0.15) is 4.68 Å². The van der Waals surface area contributed by atoms with Crippen LogP contribution < -0.4 is 4.90 Å². The van der Waals surface area contributed by atoms with Gasteiger partial charge in [0, 0.05) is 18.2 Å². The first-order valence-electron chi connectivity index (χ1n) is 8.52. The first-order valence-corrected chi connectivity index (χ1v) is 8.93. The lowest BCUT2D eigenvalue weighted by Gasteiger charge is -2.15. The van der Waals surface area contributed by atoms with Crippen LogP contribution in [0.25, 0.3) is 11.4 Å². The fourth-order valence-corrected chi connectivity index (χ4v) is 3.30. The molecule has 0 fully saturated rings. The quantitative estimate of drug-likeness (QED) is 0.714. The summed E-state index contributed by atoms with van der Waals surface area (Å²) >= 11 is 5.59. The van der Waals surface area contributed by atoms with E-state index in [2.05, 4.69) is 51.2 Å². The maximum Gasteiger partial charge on any atom is 0.202 e. The summed E-state index contributed by atoms with van der Waals surface area (Å²) in [6.07, 6.45) is 0. The summed E-state index contributed by atoms with van der Waals surface area (Å²) in [4.78, 5) is 1.35. The normalized spacial score (nSPS) is 12.3. The number of aryl methyl sites for hydroxylation is 2. The Morgan fingerprint density at radius 1 is 1.08 bits per heavy atom. The number of hydrogen-bond acceptors (Lipinski definition) is 2. The first kappa shape index (κ1) is 17.6. The van der Waals surface area contributed by atoms with E-state index in [0.717, 1.165) is 29.4 Å². The smallest absolute Gasteiger partial charge is 0.202 e. The van der Waals surface area contributed by atoms with Crippen molar-refractivity contribution in [3.63, 3.8) is 0 Å². The van der Waals surface area contributed by atoms with Crippen LogP contribution in [0.1, 0.15) is 16.7 Å². The largest absolute Gasteiger partial charge is 0.315 e. The molecule has 3 rings (SSSR count). The molecule has 130 valence electrons. The van der Waals surface area contributed by atoms with Crippen LogP contribution in [0.15, 0.2) is 48.5 Å². The third-order valence-corrected chi connectivity index (χ3v) is 4.97. The summed E-state index contributed by atoms with van der Waals surface area (Å²) in [5.41, 5.74) is 5.10. The van der Waals surface area contributed by atoms with Gasteiger partial charge in [0.1, 0.15) is 6.54 Å². The Labute approximate surface area is 154 Å². The molecule has 3 aromatic rings. The van der Waals surface area contributed by atoms with E-state index in [9.17, 15) is 0 Å². The van der Waals surface area contributed by atoms with Crippen LogP contribution in [0.2, 0.25) is 0 Å². The van der Waals surface area contributed by atoms with Crippen LogP contribution in [0.3, 0.4) is 0 Å². The van der Waals surface area contributed by atoms with Gasteiger partial charge in [-0.3, -0.25) is 0 Å². The monoisotopic (exact) mass is 353 g/mol. The highest BCUT2D eigenvalue weighted by Crippen LogP contribution is 2.16. The molecule has 0 bridgehead atoms. The van der Waals surface area contributed by atoms with Gasteiger partial charge in [0.2, 0.25) is 4.77 Å². The van der Waals surface area contributed by atoms with Gasteiger partial charge >= 0.3 is 0 Å². The first-order chi connectivity index (χ1) is 12.0. The molecule has 0 spiro atoms. The lowest BCUT2D eigenvalue weighted by atomic mass is 10.1. The molecule has 0 aliphatic carbocycles. The maximum absolute atomic E-state index is 5.59. The van der Waals surface area contributed by atoms with Crippen molar-refractivity contribution >= 4 is 12.2 Å². The molecule has 25 heavy (non-hydrogen) atoms. The van der Waals surface area contributed by atoms with Crippen molar-refractivity contribution in [2.75, 3.05) is 7.05 Å². The molecule has 0 aliphatic heterocycles. The second-order valence-electron chi connectivity index (χ2n) is 6.75. The van der Waals surface area contributed by atoms with Gasteiger partial charge in [-0.25, -0.2) is 0 Å². The van der Waals surface area contributed by atoms with Crippen molar-refractivity contribution in [2.45, 2.75) is 27.1 Å². The minimum Gasteiger partial charge on any atom is -0.315 e. The Bertz CT molecular complexity index is 925. The van der Waals surface area contributed by atoms with Gasteiger partial charge < -0.3 is 9.47 Å². The molecule has 1 unspecified atom stereocenters. The lowest BCUT2D eigenvalue weighted by molar-refractivity contribution is -0.917. The molecule has 2 aromatic carbocycles. The summed E-state index contributed by atoms with van der Waals surface area (Å²) in [5, 5.41) is 4.75. The number of quaternary nitrogens is 1. The minimum atomic E-state index is 0.743. The van der Waals surface area contributed by atoms with Crippen molar-refractivity contribution in [2.24, 2.45) is 7.05 Å². The average molecular weight is 354 g/mol. The zero-order valence-electron chi connectivity index (χ0n) is 15.3. The second-order valence-corrected chi connectivity index (χ2v) is 7.12. The Kier molecular flexibility index (Phi) is 5.16. The molecular formula is C20H25N4S+. The van der Waals surface area contributed by atoms with Crippen molar-refractivity contribution in [3.8, 4) is 11.4 Å². The number of hydrogen-bond donors (Lipinski definition) is 1. The Morgan fingerprint density at radius 2 is 1.80 bits per heavy atom. The molecule has 1 N–H and O–H groups in total. The van der Waals surface area contributed by atoms with Gasteiger partial charge in [0.25, 0.3) is 0 Å². The van der Waals surface area contributed by atoms with E-state index >= 15 is 0 Å². The van der Waals surface area contributed by atoms with E-state index < -0.39 is 0 Å². The summed E-state index contributed by atoms with van der Waals surface area (Å²) in [7, 11) is 4.16. The molecule has 4 nitrogen and oxygen atoms in total. The van der Waals surface area contributed by atoms with Crippen LogP contribution in [0, 0.1) is 18.6 Å². The summed E-state index contributed by atoms with van der Waals surface area (Å²) < 4.78 is 4.66. The highest BCUT2D eigenvalue weighted by atomic mass is 32.1. The highest BCUT2D eigenvalue weighted by molar-refractivity contribution is 7.71. The van der Waals surface area contributed by atoms with E-state index in [1.54, 1.807) is 0 Å². The molecule has 0 amide bonds. The molecule has 1 atom stereocenters. The maximum atomic E-state index is 5.59. The predicted octanol–water partition coefficient (Wildman–Crippen LogP) is 2.91. The van der Waals surface area contributed by atoms with E-state index in [-0.39, 0.29) is 0 Å². The van der Waals surface area contributed by atoms with Gasteiger partial charge in [-0.05, 0) is 31.6 Å². The molecule has 1 heterocycles. The zero-order chi connectivity index (χ0) is 18.0. The molecule has 0 saturated carbocycles. The summed E-state index contributed by atoms with van der Waals surface area (Å²) in [6, 6.07) is 16.8. The fraction of sp³-hybridized carbons (Fsp3) is 0.300. The molecule has 0 saturated heterocycles. The number of benzene rings is 2. The fourth-order valence-electron chi connectivity index (χ4n) is 3.11. The van der Waals surface area contributed by atoms with Crippen molar-refractivity contribution in [3.05, 3.63) is 70.0 Å². The predicted molar refractivity (Wildman–Crippen MR) is 104 cm³/mol. The van der Waals surface area contributed by atoms with Crippen LogP contribution >= 0.6 is 12.2 Å². The van der Waals surface area contributed by atoms with E-state index in [0.29, 0.717) is 0 Å². The molecule has 0 radical (unpaired) electrons.